The quantitative estimate of drug-likeness (QED) is 0.593. The average Bonchev–Trinajstić information content (AvgIpc) is 1.88. The van der Waals surface area contributed by atoms with Gasteiger partial charge >= 0.3 is 6.09 Å². The third kappa shape index (κ3) is 3.77. The highest BCUT2D eigenvalue weighted by Gasteiger charge is 1.98. The van der Waals surface area contributed by atoms with E-state index in [2.05, 4.69) is 16.7 Å². The summed E-state index contributed by atoms with van der Waals surface area (Å²) < 4.78 is 4.57. The SMILES string of the molecule is C=CN(C)NC(=O)OCC. The Bertz CT molecular complexity index is 125. The Labute approximate surface area is 60.4 Å². The minimum absolute atomic E-state index is 0.372. The number of nitrogens with zero attached hydrogens (tertiary/aromatic N) is 1. The number of rotatable bonds is 3. The van der Waals surface area contributed by atoms with Crippen LogP contribution in [0.5, 0.6) is 0 Å². The van der Waals surface area contributed by atoms with Crippen molar-refractivity contribution in [1.82, 2.24) is 10.4 Å². The third-order valence-electron chi connectivity index (χ3n) is 0.817. The summed E-state index contributed by atoms with van der Waals surface area (Å²) in [4.78, 5) is 10.6. The van der Waals surface area contributed by atoms with Gasteiger partial charge in [0.1, 0.15) is 0 Å². The molecule has 4 nitrogen and oxygen atoms in total. The molecule has 0 aliphatic heterocycles. The molecule has 0 atom stereocenters. The van der Waals surface area contributed by atoms with Crippen molar-refractivity contribution in [3.05, 3.63) is 12.8 Å². The number of hydrogen-bond acceptors (Lipinski definition) is 3. The van der Waals surface area contributed by atoms with Crippen LogP contribution in [0.25, 0.3) is 0 Å². The summed E-state index contributed by atoms with van der Waals surface area (Å²) in [6, 6.07) is 0. The van der Waals surface area contributed by atoms with E-state index in [9.17, 15) is 4.79 Å². The molecule has 0 bridgehead atoms. The van der Waals surface area contributed by atoms with E-state index < -0.39 is 6.09 Å². The first-order chi connectivity index (χ1) is 4.70. The average molecular weight is 144 g/mol. The molecule has 1 N–H and O–H groups in total. The number of carbonyl (C=O) groups excluding carboxylic acids is 1. The van der Waals surface area contributed by atoms with Crippen LogP contribution in [0.2, 0.25) is 0 Å². The molecular weight excluding hydrogens is 132 g/mol. The molecular formula is C6H12N2O2. The van der Waals surface area contributed by atoms with Crippen molar-refractivity contribution in [1.29, 1.82) is 0 Å². The number of hydrogen-bond donors (Lipinski definition) is 1. The first-order valence-corrected chi connectivity index (χ1v) is 2.99. The van der Waals surface area contributed by atoms with E-state index in [0.29, 0.717) is 6.61 Å². The Morgan fingerprint density at radius 1 is 1.90 bits per heavy atom. The van der Waals surface area contributed by atoms with Gasteiger partial charge in [-0.15, -0.1) is 0 Å². The van der Waals surface area contributed by atoms with Gasteiger partial charge in [0.25, 0.3) is 0 Å². The second-order valence-corrected chi connectivity index (χ2v) is 1.63. The maximum Gasteiger partial charge on any atom is 0.426 e. The summed E-state index contributed by atoms with van der Waals surface area (Å²) in [5, 5.41) is 1.41. The molecule has 0 saturated carbocycles. The zero-order valence-electron chi connectivity index (χ0n) is 6.26. The Morgan fingerprint density at radius 3 is 2.90 bits per heavy atom. The van der Waals surface area contributed by atoms with Gasteiger partial charge in [0.2, 0.25) is 0 Å². The van der Waals surface area contributed by atoms with Gasteiger partial charge in [0.15, 0.2) is 0 Å². The number of amides is 1. The molecule has 0 aromatic heterocycles. The van der Waals surface area contributed by atoms with Gasteiger partial charge in [-0.2, -0.15) is 0 Å². The van der Waals surface area contributed by atoms with Crippen LogP contribution in [0.4, 0.5) is 4.79 Å². The van der Waals surface area contributed by atoms with Gasteiger partial charge in [-0.3, -0.25) is 5.01 Å². The fourth-order valence-corrected chi connectivity index (χ4v) is 0.353. The Morgan fingerprint density at radius 2 is 2.50 bits per heavy atom. The van der Waals surface area contributed by atoms with Gasteiger partial charge in [-0.1, -0.05) is 6.58 Å². The molecule has 0 spiro atoms. The normalized spacial score (nSPS) is 8.20. The lowest BCUT2D eigenvalue weighted by Crippen LogP contribution is -2.35. The first-order valence-electron chi connectivity index (χ1n) is 2.99. The summed E-state index contributed by atoms with van der Waals surface area (Å²) in [5.41, 5.74) is 2.38. The molecule has 4 heteroatoms. The third-order valence-corrected chi connectivity index (χ3v) is 0.817. The van der Waals surface area contributed by atoms with Crippen molar-refractivity contribution in [2.24, 2.45) is 0 Å². The van der Waals surface area contributed by atoms with Crippen LogP contribution >= 0.6 is 0 Å². The molecule has 58 valence electrons. The number of carbonyl (C=O) groups is 1. The summed E-state index contributed by atoms with van der Waals surface area (Å²) in [6.45, 7) is 5.54. The number of ether oxygens (including phenoxy) is 1. The topological polar surface area (TPSA) is 41.6 Å². The summed E-state index contributed by atoms with van der Waals surface area (Å²) in [7, 11) is 1.66. The van der Waals surface area contributed by atoms with Gasteiger partial charge in [0.05, 0.1) is 6.61 Å². The molecule has 0 unspecified atom stereocenters. The Hall–Kier alpha value is -1.19. The van der Waals surface area contributed by atoms with E-state index in [0.717, 1.165) is 0 Å². The van der Waals surface area contributed by atoms with E-state index in [1.54, 1.807) is 14.0 Å². The number of nitrogens with one attached hydrogen (secondary N) is 1. The predicted molar refractivity (Wildman–Crippen MR) is 38.1 cm³/mol. The van der Waals surface area contributed by atoms with Crippen molar-refractivity contribution in [2.75, 3.05) is 13.7 Å². The molecule has 0 aliphatic rings. The maximum absolute atomic E-state index is 10.6. The Kier molecular flexibility index (Phi) is 4.11. The maximum atomic E-state index is 10.6. The lowest BCUT2D eigenvalue weighted by atomic mass is 10.9. The van der Waals surface area contributed by atoms with Crippen LogP contribution in [-0.2, 0) is 4.74 Å². The fraction of sp³-hybridized carbons (Fsp3) is 0.500. The molecule has 0 aromatic rings. The molecule has 1 amide bonds. The fourth-order valence-electron chi connectivity index (χ4n) is 0.353. The van der Waals surface area contributed by atoms with Gasteiger partial charge < -0.3 is 4.74 Å². The van der Waals surface area contributed by atoms with E-state index in [-0.39, 0.29) is 0 Å². The van der Waals surface area contributed by atoms with Crippen molar-refractivity contribution >= 4 is 6.09 Å². The van der Waals surface area contributed by atoms with Crippen molar-refractivity contribution in [2.45, 2.75) is 6.92 Å². The van der Waals surface area contributed by atoms with Crippen LogP contribution in [-0.4, -0.2) is 24.8 Å². The predicted octanol–water partition coefficient (Wildman–Crippen LogP) is 0.723. The standard InChI is InChI=1S/C6H12N2O2/c1-4-8(3)7-6(9)10-5-2/h4H,1,5H2,2-3H3,(H,7,9). The van der Waals surface area contributed by atoms with E-state index >= 15 is 0 Å². The second kappa shape index (κ2) is 4.67. The number of hydrazine groups is 1. The molecule has 10 heavy (non-hydrogen) atoms. The van der Waals surface area contributed by atoms with Crippen molar-refractivity contribution in [3.8, 4) is 0 Å². The van der Waals surface area contributed by atoms with Crippen LogP contribution < -0.4 is 5.43 Å². The van der Waals surface area contributed by atoms with Crippen LogP contribution in [0.3, 0.4) is 0 Å². The highest BCUT2D eigenvalue weighted by Crippen LogP contribution is 1.78. The van der Waals surface area contributed by atoms with Gasteiger partial charge in [-0.05, 0) is 6.92 Å². The molecule has 0 radical (unpaired) electrons. The summed E-state index contributed by atoms with van der Waals surface area (Å²) in [6.07, 6.45) is 1.00. The molecule has 0 rings (SSSR count). The van der Waals surface area contributed by atoms with Crippen molar-refractivity contribution < 1.29 is 9.53 Å². The second-order valence-electron chi connectivity index (χ2n) is 1.63. The van der Waals surface area contributed by atoms with Gasteiger partial charge in [0, 0.05) is 13.2 Å². The lowest BCUT2D eigenvalue weighted by molar-refractivity contribution is 0.132. The molecule has 0 heterocycles. The lowest BCUT2D eigenvalue weighted by Gasteiger charge is -2.13. The largest absolute Gasteiger partial charge is 0.449 e. The molecule has 0 aromatic carbocycles. The molecule has 0 saturated heterocycles. The smallest absolute Gasteiger partial charge is 0.426 e. The van der Waals surface area contributed by atoms with Crippen molar-refractivity contribution in [3.63, 3.8) is 0 Å². The van der Waals surface area contributed by atoms with Crippen LogP contribution in [0.1, 0.15) is 6.92 Å². The molecule has 0 fully saturated rings. The monoisotopic (exact) mass is 144 g/mol. The highest BCUT2D eigenvalue weighted by atomic mass is 16.6. The van der Waals surface area contributed by atoms with Gasteiger partial charge in [-0.25, -0.2) is 10.2 Å². The van der Waals surface area contributed by atoms with E-state index in [1.807, 2.05) is 0 Å². The minimum Gasteiger partial charge on any atom is -0.449 e. The minimum atomic E-state index is -0.468. The highest BCUT2D eigenvalue weighted by molar-refractivity contribution is 5.66. The Balaban J connectivity index is 3.46. The molecule has 0 aliphatic carbocycles. The zero-order valence-corrected chi connectivity index (χ0v) is 6.26. The first kappa shape index (κ1) is 8.81. The van der Waals surface area contributed by atoms with Crippen LogP contribution in [0, 0.1) is 0 Å². The summed E-state index contributed by atoms with van der Waals surface area (Å²) >= 11 is 0. The zero-order chi connectivity index (χ0) is 7.98. The van der Waals surface area contributed by atoms with Crippen LogP contribution in [0.15, 0.2) is 12.8 Å². The summed E-state index contributed by atoms with van der Waals surface area (Å²) in [5.74, 6) is 0. The van der Waals surface area contributed by atoms with E-state index in [4.69, 9.17) is 0 Å². The van der Waals surface area contributed by atoms with E-state index in [1.165, 1.54) is 11.2 Å².